The molecule has 0 amide bonds. The maximum atomic E-state index is 5.82. The van der Waals surface area contributed by atoms with E-state index in [1.807, 2.05) is 12.1 Å². The number of rotatable bonds is 4. The minimum Gasteiger partial charge on any atom is -0.382 e. The van der Waals surface area contributed by atoms with Crippen molar-refractivity contribution in [1.29, 1.82) is 0 Å². The van der Waals surface area contributed by atoms with Crippen LogP contribution in [-0.2, 0) is 0 Å². The number of nitrogens with two attached hydrogens (primary N) is 1. The quantitative estimate of drug-likeness (QED) is 0.797. The fourth-order valence-electron chi connectivity index (χ4n) is 1.74. The third kappa shape index (κ3) is 2.16. The number of hydrogen-bond donors (Lipinski definition) is 1. The van der Waals surface area contributed by atoms with E-state index in [0.29, 0.717) is 11.9 Å². The van der Waals surface area contributed by atoms with Crippen molar-refractivity contribution in [3.63, 3.8) is 0 Å². The summed E-state index contributed by atoms with van der Waals surface area (Å²) in [4.78, 5) is 6.30. The number of pyridine rings is 1. The molecule has 0 aliphatic carbocycles. The van der Waals surface area contributed by atoms with Crippen LogP contribution in [-0.4, -0.2) is 18.1 Å². The first kappa shape index (κ1) is 10.8. The standard InChI is InChI=1S/C11H19N3/c1-4-9(5-2)14(3)10-7-6-8-13-11(10)12/h6-9H,4-5H2,1-3H3,(H2,12,13). The summed E-state index contributed by atoms with van der Waals surface area (Å²) in [5, 5.41) is 0. The third-order valence-electron chi connectivity index (χ3n) is 2.69. The van der Waals surface area contributed by atoms with Gasteiger partial charge in [0.1, 0.15) is 5.82 Å². The van der Waals surface area contributed by atoms with Crippen LogP contribution in [0.2, 0.25) is 0 Å². The molecule has 0 bridgehead atoms. The minimum absolute atomic E-state index is 0.543. The van der Waals surface area contributed by atoms with E-state index in [0.717, 1.165) is 18.5 Å². The Hall–Kier alpha value is -1.25. The van der Waals surface area contributed by atoms with Gasteiger partial charge in [0.25, 0.3) is 0 Å². The molecular weight excluding hydrogens is 174 g/mol. The number of nitrogens with zero attached hydrogens (tertiary/aromatic N) is 2. The minimum atomic E-state index is 0.543. The molecule has 0 atom stereocenters. The molecule has 0 aliphatic rings. The molecule has 0 saturated heterocycles. The van der Waals surface area contributed by atoms with Crippen LogP contribution in [0, 0.1) is 0 Å². The lowest BCUT2D eigenvalue weighted by molar-refractivity contribution is 0.591. The van der Waals surface area contributed by atoms with Gasteiger partial charge in [0.15, 0.2) is 0 Å². The first-order valence-corrected chi connectivity index (χ1v) is 5.14. The van der Waals surface area contributed by atoms with Gasteiger partial charge < -0.3 is 10.6 Å². The van der Waals surface area contributed by atoms with E-state index in [9.17, 15) is 0 Å². The Morgan fingerprint density at radius 1 is 1.43 bits per heavy atom. The van der Waals surface area contributed by atoms with E-state index in [1.54, 1.807) is 6.20 Å². The summed E-state index contributed by atoms with van der Waals surface area (Å²) in [7, 11) is 2.07. The molecule has 0 radical (unpaired) electrons. The molecule has 14 heavy (non-hydrogen) atoms. The first-order chi connectivity index (χ1) is 6.70. The molecule has 0 aromatic carbocycles. The fraction of sp³-hybridized carbons (Fsp3) is 0.545. The lowest BCUT2D eigenvalue weighted by Gasteiger charge is -2.28. The molecule has 1 heterocycles. The Morgan fingerprint density at radius 2 is 2.07 bits per heavy atom. The maximum Gasteiger partial charge on any atom is 0.146 e. The van der Waals surface area contributed by atoms with E-state index < -0.39 is 0 Å². The lowest BCUT2D eigenvalue weighted by Crippen LogP contribution is -2.31. The van der Waals surface area contributed by atoms with Crippen molar-refractivity contribution < 1.29 is 0 Å². The van der Waals surface area contributed by atoms with Crippen LogP contribution in [0.1, 0.15) is 26.7 Å². The zero-order valence-electron chi connectivity index (χ0n) is 9.20. The lowest BCUT2D eigenvalue weighted by atomic mass is 10.1. The number of anilines is 2. The van der Waals surface area contributed by atoms with Crippen LogP contribution < -0.4 is 10.6 Å². The molecular formula is C11H19N3. The summed E-state index contributed by atoms with van der Waals surface area (Å²) in [5.41, 5.74) is 6.84. The maximum absolute atomic E-state index is 5.82. The molecule has 3 heteroatoms. The summed E-state index contributed by atoms with van der Waals surface area (Å²) in [5.74, 6) is 0.613. The average Bonchev–Trinajstić information content (AvgIpc) is 2.20. The van der Waals surface area contributed by atoms with Crippen LogP contribution in [0.4, 0.5) is 11.5 Å². The van der Waals surface area contributed by atoms with Gasteiger partial charge in [0, 0.05) is 19.3 Å². The monoisotopic (exact) mass is 193 g/mol. The normalized spacial score (nSPS) is 10.6. The predicted molar refractivity (Wildman–Crippen MR) is 61.4 cm³/mol. The van der Waals surface area contributed by atoms with Crippen LogP contribution in [0.25, 0.3) is 0 Å². The summed E-state index contributed by atoms with van der Waals surface area (Å²) in [6.45, 7) is 4.38. The molecule has 1 aromatic heterocycles. The van der Waals surface area contributed by atoms with Crippen molar-refractivity contribution in [2.24, 2.45) is 0 Å². The van der Waals surface area contributed by atoms with E-state index in [-0.39, 0.29) is 0 Å². The Labute approximate surface area is 85.9 Å². The molecule has 3 nitrogen and oxygen atoms in total. The number of aromatic nitrogens is 1. The molecule has 1 rings (SSSR count). The summed E-state index contributed by atoms with van der Waals surface area (Å²) in [6, 6.07) is 4.48. The molecule has 0 aliphatic heterocycles. The Balaban J connectivity index is 2.88. The van der Waals surface area contributed by atoms with E-state index in [1.165, 1.54) is 0 Å². The highest BCUT2D eigenvalue weighted by Gasteiger charge is 2.13. The molecule has 0 fully saturated rings. The van der Waals surface area contributed by atoms with Crippen molar-refractivity contribution in [3.05, 3.63) is 18.3 Å². The highest BCUT2D eigenvalue weighted by Crippen LogP contribution is 2.22. The van der Waals surface area contributed by atoms with Gasteiger partial charge in [-0.25, -0.2) is 4.98 Å². The van der Waals surface area contributed by atoms with E-state index in [4.69, 9.17) is 5.73 Å². The Morgan fingerprint density at radius 3 is 2.57 bits per heavy atom. The van der Waals surface area contributed by atoms with Crippen LogP contribution in [0.5, 0.6) is 0 Å². The topological polar surface area (TPSA) is 42.2 Å². The molecule has 0 spiro atoms. The SMILES string of the molecule is CCC(CC)N(C)c1cccnc1N. The largest absolute Gasteiger partial charge is 0.382 e. The Kier molecular flexibility index (Phi) is 3.74. The Bertz CT molecular complexity index is 282. The average molecular weight is 193 g/mol. The van der Waals surface area contributed by atoms with Gasteiger partial charge in [-0.05, 0) is 25.0 Å². The predicted octanol–water partition coefficient (Wildman–Crippen LogP) is 2.29. The smallest absolute Gasteiger partial charge is 0.146 e. The van der Waals surface area contributed by atoms with Crippen molar-refractivity contribution in [3.8, 4) is 0 Å². The number of nitrogen functional groups attached to an aromatic ring is 1. The first-order valence-electron chi connectivity index (χ1n) is 5.14. The van der Waals surface area contributed by atoms with Gasteiger partial charge in [0.2, 0.25) is 0 Å². The fourth-order valence-corrected chi connectivity index (χ4v) is 1.74. The van der Waals surface area contributed by atoms with Gasteiger partial charge in [0.05, 0.1) is 5.69 Å². The summed E-state index contributed by atoms with van der Waals surface area (Å²) < 4.78 is 0. The second-order valence-electron chi connectivity index (χ2n) is 3.49. The second-order valence-corrected chi connectivity index (χ2v) is 3.49. The van der Waals surface area contributed by atoms with Gasteiger partial charge >= 0.3 is 0 Å². The molecule has 0 saturated carbocycles. The highest BCUT2D eigenvalue weighted by molar-refractivity contribution is 5.62. The molecule has 2 N–H and O–H groups in total. The van der Waals surface area contributed by atoms with Gasteiger partial charge in [-0.15, -0.1) is 0 Å². The zero-order valence-corrected chi connectivity index (χ0v) is 9.20. The summed E-state index contributed by atoms with van der Waals surface area (Å²) >= 11 is 0. The van der Waals surface area contributed by atoms with Crippen LogP contribution >= 0.6 is 0 Å². The van der Waals surface area contributed by atoms with Gasteiger partial charge in [-0.3, -0.25) is 0 Å². The van der Waals surface area contributed by atoms with Crippen LogP contribution in [0.3, 0.4) is 0 Å². The summed E-state index contributed by atoms with van der Waals surface area (Å²) in [6.07, 6.45) is 3.97. The van der Waals surface area contributed by atoms with Crippen molar-refractivity contribution in [2.75, 3.05) is 17.7 Å². The number of hydrogen-bond acceptors (Lipinski definition) is 3. The molecule has 78 valence electrons. The zero-order chi connectivity index (χ0) is 10.6. The van der Waals surface area contributed by atoms with Crippen molar-refractivity contribution in [2.45, 2.75) is 32.7 Å². The second kappa shape index (κ2) is 4.84. The van der Waals surface area contributed by atoms with Crippen LogP contribution in [0.15, 0.2) is 18.3 Å². The highest BCUT2D eigenvalue weighted by atomic mass is 15.2. The van der Waals surface area contributed by atoms with Gasteiger partial charge in [-0.1, -0.05) is 13.8 Å². The molecule has 0 unspecified atom stereocenters. The molecule has 1 aromatic rings. The van der Waals surface area contributed by atoms with Crippen molar-refractivity contribution >= 4 is 11.5 Å². The van der Waals surface area contributed by atoms with Crippen molar-refractivity contribution in [1.82, 2.24) is 4.98 Å². The third-order valence-corrected chi connectivity index (χ3v) is 2.69. The van der Waals surface area contributed by atoms with E-state index >= 15 is 0 Å². The van der Waals surface area contributed by atoms with Gasteiger partial charge in [-0.2, -0.15) is 0 Å². The van der Waals surface area contributed by atoms with E-state index in [2.05, 4.69) is 30.8 Å².